The first-order valence-electron chi connectivity index (χ1n) is 6.14. The van der Waals surface area contributed by atoms with Crippen LogP contribution in [0, 0.1) is 13.8 Å². The zero-order valence-corrected chi connectivity index (χ0v) is 13.1. The quantitative estimate of drug-likeness (QED) is 0.865. The van der Waals surface area contributed by atoms with E-state index in [2.05, 4.69) is 25.2 Å². The van der Waals surface area contributed by atoms with Crippen molar-refractivity contribution >= 4 is 31.0 Å². The number of aryl methyl sites for hydroxylation is 1. The van der Waals surface area contributed by atoms with Gasteiger partial charge in [0.15, 0.2) is 0 Å². The van der Waals surface area contributed by atoms with E-state index in [9.17, 15) is 4.79 Å². The molecule has 0 aromatic heterocycles. The van der Waals surface area contributed by atoms with Crippen LogP contribution in [-0.2, 0) is 0 Å². The predicted molar refractivity (Wildman–Crippen MR) is 81.6 cm³/mol. The van der Waals surface area contributed by atoms with Crippen molar-refractivity contribution in [2.45, 2.75) is 19.7 Å². The Bertz CT molecular complexity index is 607. The summed E-state index contributed by atoms with van der Waals surface area (Å²) in [6.07, 6.45) is 0. The van der Waals surface area contributed by atoms with Gasteiger partial charge in [0.25, 0.3) is 0 Å². The number of carbonyl (C=O) groups is 1. The van der Waals surface area contributed by atoms with E-state index in [1.54, 1.807) is 0 Å². The number of carbonyl (C=O) groups excluding carboxylic acids is 1. The maximum atomic E-state index is 12.0. The average molecular weight is 318 g/mol. The number of rotatable bonds is 4. The fourth-order valence-corrected chi connectivity index (χ4v) is 2.75. The van der Waals surface area contributed by atoms with Crippen LogP contribution in [0.5, 0.6) is 0 Å². The van der Waals surface area contributed by atoms with Crippen LogP contribution >= 0.6 is 0 Å². The molecule has 98 valence electrons. The van der Waals surface area contributed by atoms with E-state index in [1.165, 1.54) is 11.1 Å². The van der Waals surface area contributed by atoms with Crippen LogP contribution in [0.4, 0.5) is 11.4 Å². The molecule has 19 heavy (non-hydrogen) atoms. The van der Waals surface area contributed by atoms with Gasteiger partial charge < -0.3 is 0 Å². The van der Waals surface area contributed by atoms with Gasteiger partial charge in [0.1, 0.15) is 0 Å². The molecule has 0 heterocycles. The van der Waals surface area contributed by atoms with E-state index in [1.807, 2.05) is 42.2 Å². The Morgan fingerprint density at radius 2 is 1.68 bits per heavy atom. The number of hydrogen-bond donors (Lipinski definition) is 1. The molecule has 2 rings (SSSR count). The molecule has 0 saturated heterocycles. The third-order valence-electron chi connectivity index (χ3n) is 3.21. The van der Waals surface area contributed by atoms with Crippen molar-refractivity contribution in [3.8, 4) is 0 Å². The predicted octanol–water partition coefficient (Wildman–Crippen LogP) is 3.94. The second-order valence-corrected chi connectivity index (χ2v) is 6.04. The number of anilines is 2. The molecule has 3 heteroatoms. The van der Waals surface area contributed by atoms with E-state index >= 15 is 0 Å². The SMILES string of the molecule is C[Se]C(=O)c1ccccc1Nc1cccc(C)c1C. The number of hydrogen-bond acceptors (Lipinski definition) is 2. The summed E-state index contributed by atoms with van der Waals surface area (Å²) in [6, 6.07) is 13.9. The van der Waals surface area contributed by atoms with Crippen LogP contribution in [0.1, 0.15) is 21.5 Å². The van der Waals surface area contributed by atoms with E-state index in [0.29, 0.717) is 0 Å². The number of para-hydroxylation sites is 1. The van der Waals surface area contributed by atoms with Gasteiger partial charge in [-0.2, -0.15) is 0 Å². The molecular formula is C16H17NOSe. The van der Waals surface area contributed by atoms with Gasteiger partial charge in [0.2, 0.25) is 0 Å². The average Bonchev–Trinajstić information content (AvgIpc) is 2.43. The first-order chi connectivity index (χ1) is 9.13. The van der Waals surface area contributed by atoms with Gasteiger partial charge in [-0.05, 0) is 0 Å². The summed E-state index contributed by atoms with van der Waals surface area (Å²) in [4.78, 5) is 12.0. The second-order valence-electron chi connectivity index (χ2n) is 4.41. The van der Waals surface area contributed by atoms with Gasteiger partial charge in [0.05, 0.1) is 0 Å². The van der Waals surface area contributed by atoms with Crippen molar-refractivity contribution in [2.24, 2.45) is 0 Å². The fourth-order valence-electron chi connectivity index (χ4n) is 1.91. The van der Waals surface area contributed by atoms with Gasteiger partial charge in [-0.1, -0.05) is 0 Å². The van der Waals surface area contributed by atoms with Crippen LogP contribution < -0.4 is 5.32 Å². The molecule has 0 amide bonds. The van der Waals surface area contributed by atoms with Gasteiger partial charge >= 0.3 is 120 Å². The third-order valence-corrected chi connectivity index (χ3v) is 4.45. The molecule has 0 aliphatic carbocycles. The van der Waals surface area contributed by atoms with E-state index < -0.39 is 0 Å². The van der Waals surface area contributed by atoms with Crippen molar-refractivity contribution in [1.82, 2.24) is 0 Å². The van der Waals surface area contributed by atoms with E-state index in [0.717, 1.165) is 16.9 Å². The van der Waals surface area contributed by atoms with Crippen molar-refractivity contribution < 1.29 is 4.79 Å². The minimum atomic E-state index is -0.0145. The van der Waals surface area contributed by atoms with Crippen molar-refractivity contribution in [3.05, 3.63) is 59.2 Å². The molecule has 0 saturated carbocycles. The first-order valence-corrected chi connectivity index (χ1v) is 8.71. The second kappa shape index (κ2) is 6.05. The molecule has 2 aromatic rings. The van der Waals surface area contributed by atoms with Gasteiger partial charge in [-0.25, -0.2) is 0 Å². The topological polar surface area (TPSA) is 29.1 Å². The van der Waals surface area contributed by atoms with E-state index in [-0.39, 0.29) is 19.6 Å². The number of benzene rings is 2. The minimum absolute atomic E-state index is 0.0145. The van der Waals surface area contributed by atoms with Gasteiger partial charge in [0, 0.05) is 0 Å². The Hall–Kier alpha value is -1.57. The normalized spacial score (nSPS) is 10.3. The Morgan fingerprint density at radius 3 is 2.42 bits per heavy atom. The monoisotopic (exact) mass is 319 g/mol. The molecule has 0 aliphatic heterocycles. The summed E-state index contributed by atoms with van der Waals surface area (Å²) in [5.41, 5.74) is 5.19. The van der Waals surface area contributed by atoms with Crippen molar-refractivity contribution in [2.75, 3.05) is 5.32 Å². The molecule has 1 N–H and O–H groups in total. The zero-order valence-electron chi connectivity index (χ0n) is 11.4. The van der Waals surface area contributed by atoms with Crippen molar-refractivity contribution in [3.63, 3.8) is 0 Å². The number of nitrogens with one attached hydrogen (secondary N) is 1. The zero-order chi connectivity index (χ0) is 13.8. The molecular weight excluding hydrogens is 301 g/mol. The fraction of sp³-hybridized carbons (Fsp3) is 0.188. The molecule has 0 atom stereocenters. The summed E-state index contributed by atoms with van der Waals surface area (Å²) >= 11 is -0.0145. The van der Waals surface area contributed by atoms with Gasteiger partial charge in [-0.3, -0.25) is 0 Å². The summed E-state index contributed by atoms with van der Waals surface area (Å²) in [5.74, 6) is 1.95. The molecule has 2 aromatic carbocycles. The van der Waals surface area contributed by atoms with Crippen LogP contribution in [0.15, 0.2) is 42.5 Å². The Kier molecular flexibility index (Phi) is 4.41. The van der Waals surface area contributed by atoms with Crippen LogP contribution in [0.25, 0.3) is 0 Å². The molecule has 0 fully saturated rings. The molecule has 0 bridgehead atoms. The molecule has 2 nitrogen and oxygen atoms in total. The molecule has 0 unspecified atom stereocenters. The molecule has 0 radical (unpaired) electrons. The first kappa shape index (κ1) is 13.9. The Labute approximate surface area is 120 Å². The van der Waals surface area contributed by atoms with Crippen LogP contribution in [-0.4, -0.2) is 19.6 Å². The van der Waals surface area contributed by atoms with Crippen molar-refractivity contribution in [1.29, 1.82) is 0 Å². The van der Waals surface area contributed by atoms with Crippen LogP contribution in [0.2, 0.25) is 5.82 Å². The summed E-state index contributed by atoms with van der Waals surface area (Å²) in [5, 5.41) is 3.39. The van der Waals surface area contributed by atoms with E-state index in [4.69, 9.17) is 0 Å². The third kappa shape index (κ3) is 3.06. The van der Waals surface area contributed by atoms with Gasteiger partial charge in [-0.15, -0.1) is 0 Å². The standard InChI is InChI=1S/C16H17NOSe/c1-11-7-6-10-14(12(11)2)17-15-9-5-4-8-13(15)16(18)19-3/h4-10,17H,1-3H3. The summed E-state index contributed by atoms with van der Waals surface area (Å²) < 4.78 is 0.223. The molecule has 0 aliphatic rings. The Morgan fingerprint density at radius 1 is 1.00 bits per heavy atom. The summed E-state index contributed by atoms with van der Waals surface area (Å²) in [7, 11) is 0. The molecule has 0 spiro atoms. The van der Waals surface area contributed by atoms with Crippen LogP contribution in [0.3, 0.4) is 0 Å². The Balaban J connectivity index is 2.39. The summed E-state index contributed by atoms with van der Waals surface area (Å²) in [6.45, 7) is 4.18. The maximum absolute atomic E-state index is 12.0.